The largest absolute Gasteiger partial charge is 0.395 e. The number of β-amino-alcohol motifs (C(OH)–C–C–N with tert-alkyl or cyclic N) is 1. The van der Waals surface area contributed by atoms with E-state index in [1.54, 1.807) is 6.92 Å². The van der Waals surface area contributed by atoms with Gasteiger partial charge in [-0.3, -0.25) is 9.80 Å². The minimum Gasteiger partial charge on any atom is -0.395 e. The van der Waals surface area contributed by atoms with Gasteiger partial charge in [-0.2, -0.15) is 0 Å². The van der Waals surface area contributed by atoms with Crippen molar-refractivity contribution in [2.24, 2.45) is 64.1 Å². The van der Waals surface area contributed by atoms with Crippen molar-refractivity contribution < 1.29 is 35.4 Å². The molecule has 0 aromatic rings. The van der Waals surface area contributed by atoms with Gasteiger partial charge in [0.15, 0.2) is 0 Å². The van der Waals surface area contributed by atoms with Crippen molar-refractivity contribution in [3.8, 4) is 0 Å². The molecule has 0 amide bonds. The lowest BCUT2D eigenvalue weighted by atomic mass is 9.38. The molecule has 4 saturated carbocycles. The highest BCUT2D eigenvalue weighted by Crippen LogP contribution is 2.69. The SMILES string of the molecule is CC(C)C1CC(C2CCC(CN3CCN(CCO)CC3)O2)C(C)C2C(O)C3C(O)C4(O)C(O)C(C(C)O)C(C)C[C@]4(C)C[C@]3(C)CC12. The molecule has 0 aromatic heterocycles. The summed E-state index contributed by atoms with van der Waals surface area (Å²) in [5.74, 6) is 0.629. The summed E-state index contributed by atoms with van der Waals surface area (Å²) in [5, 5.41) is 69.0. The molecular weight excluding hydrogens is 596 g/mol. The quantitative estimate of drug-likeness (QED) is 0.243. The Bertz CT molecular complexity index is 1090. The Kier molecular flexibility index (Phi) is 10.3. The Morgan fingerprint density at radius 3 is 2.17 bits per heavy atom. The van der Waals surface area contributed by atoms with Crippen LogP contribution >= 0.6 is 0 Å². The number of aliphatic hydroxyl groups is 6. The second-order valence-electron chi connectivity index (χ2n) is 18.5. The summed E-state index contributed by atoms with van der Waals surface area (Å²) in [6.07, 6.45) is 1.54. The van der Waals surface area contributed by atoms with Gasteiger partial charge in [0.05, 0.1) is 43.2 Å². The van der Waals surface area contributed by atoms with Gasteiger partial charge in [0.25, 0.3) is 0 Å². The molecule has 6 rings (SSSR count). The van der Waals surface area contributed by atoms with E-state index in [0.29, 0.717) is 36.5 Å². The average molecular weight is 665 g/mol. The number of hydrogen-bond donors (Lipinski definition) is 6. The van der Waals surface area contributed by atoms with E-state index in [-0.39, 0.29) is 42.0 Å². The van der Waals surface area contributed by atoms with Crippen molar-refractivity contribution in [3.05, 3.63) is 0 Å². The third-order valence-corrected chi connectivity index (χ3v) is 15.3. The highest BCUT2D eigenvalue weighted by atomic mass is 16.5. The lowest BCUT2D eigenvalue weighted by molar-refractivity contribution is -0.333. The van der Waals surface area contributed by atoms with Crippen molar-refractivity contribution >= 4 is 0 Å². The van der Waals surface area contributed by atoms with Gasteiger partial charge in [-0.25, -0.2) is 0 Å². The van der Waals surface area contributed by atoms with E-state index in [1.807, 2.05) is 13.8 Å². The summed E-state index contributed by atoms with van der Waals surface area (Å²) in [6.45, 7) is 20.8. The molecule has 2 aliphatic heterocycles. The van der Waals surface area contributed by atoms with Gasteiger partial charge in [-0.05, 0) is 92.3 Å². The van der Waals surface area contributed by atoms with Crippen molar-refractivity contribution in [2.45, 2.75) is 129 Å². The standard InChI is InChI=1S/C38H68N2O7/c1-21(2)26-16-27(29-9-8-25(47-29)19-40-12-10-39(11-13-40)14-15-41)23(4)31-28(26)18-36(6)20-37(7)17-22(3)30(24(5)42)34(44)38(37,46)35(45)32(36)33(31)43/h21-35,41-46H,8-20H2,1-7H3/t22?,23?,24?,25?,26?,27?,28?,29?,30?,31?,32?,33?,34?,35?,36-,37+,38?/m0/s1. The van der Waals surface area contributed by atoms with Crippen molar-refractivity contribution in [1.82, 2.24) is 9.80 Å². The summed E-state index contributed by atoms with van der Waals surface area (Å²) in [5.41, 5.74) is -2.92. The summed E-state index contributed by atoms with van der Waals surface area (Å²) in [6, 6.07) is 0. The third-order valence-electron chi connectivity index (χ3n) is 15.3. The Balaban J connectivity index is 1.22. The van der Waals surface area contributed by atoms with Crippen molar-refractivity contribution in [2.75, 3.05) is 45.9 Å². The van der Waals surface area contributed by atoms with Crippen LogP contribution in [0.2, 0.25) is 0 Å². The number of ether oxygens (including phenoxy) is 1. The van der Waals surface area contributed by atoms with E-state index >= 15 is 0 Å². The number of fused-ring (bicyclic) bond motifs is 3. The van der Waals surface area contributed by atoms with Gasteiger partial charge in [0.1, 0.15) is 5.60 Å². The second kappa shape index (κ2) is 13.3. The zero-order chi connectivity index (χ0) is 34.2. The molecule has 9 nitrogen and oxygen atoms in total. The van der Waals surface area contributed by atoms with E-state index in [1.165, 1.54) is 0 Å². The van der Waals surface area contributed by atoms with E-state index in [2.05, 4.69) is 37.5 Å². The lowest BCUT2D eigenvalue weighted by Gasteiger charge is -2.70. The molecule has 6 aliphatic rings. The van der Waals surface area contributed by atoms with Gasteiger partial charge in [-0.15, -0.1) is 0 Å². The van der Waals surface area contributed by atoms with Crippen molar-refractivity contribution in [3.63, 3.8) is 0 Å². The molecule has 272 valence electrons. The number of hydrogen-bond acceptors (Lipinski definition) is 9. The van der Waals surface area contributed by atoms with Gasteiger partial charge in [0, 0.05) is 56.5 Å². The fourth-order valence-electron chi connectivity index (χ4n) is 13.3. The maximum Gasteiger partial charge on any atom is 0.122 e. The average Bonchev–Trinajstić information content (AvgIpc) is 3.43. The molecule has 4 aliphatic carbocycles. The Morgan fingerprint density at radius 1 is 0.894 bits per heavy atom. The summed E-state index contributed by atoms with van der Waals surface area (Å²) in [7, 11) is 0. The van der Waals surface area contributed by atoms with Crippen LogP contribution < -0.4 is 0 Å². The molecule has 9 heteroatoms. The molecule has 0 spiro atoms. The summed E-state index contributed by atoms with van der Waals surface area (Å²) < 4.78 is 6.87. The highest BCUT2D eigenvalue weighted by molar-refractivity contribution is 5.22. The molecular formula is C38H68N2O7. The van der Waals surface area contributed by atoms with Gasteiger partial charge in [-0.1, -0.05) is 41.5 Å². The molecule has 6 N–H and O–H groups in total. The fourth-order valence-corrected chi connectivity index (χ4v) is 13.3. The number of aliphatic hydroxyl groups excluding tert-OH is 5. The first-order chi connectivity index (χ1) is 22.1. The Labute approximate surface area is 284 Å². The van der Waals surface area contributed by atoms with E-state index < -0.39 is 47.3 Å². The minimum absolute atomic E-state index is 0.00568. The number of nitrogens with zero attached hydrogens (tertiary/aromatic N) is 2. The summed E-state index contributed by atoms with van der Waals surface area (Å²) >= 11 is 0. The zero-order valence-corrected chi connectivity index (χ0v) is 30.3. The smallest absolute Gasteiger partial charge is 0.122 e. The number of piperazine rings is 1. The van der Waals surface area contributed by atoms with Crippen LogP contribution in [0.4, 0.5) is 0 Å². The topological polar surface area (TPSA) is 137 Å². The van der Waals surface area contributed by atoms with Crippen LogP contribution in [0.3, 0.4) is 0 Å². The molecule has 6 fully saturated rings. The minimum atomic E-state index is -1.81. The molecule has 47 heavy (non-hydrogen) atoms. The van der Waals surface area contributed by atoms with E-state index in [0.717, 1.165) is 65.0 Å². The summed E-state index contributed by atoms with van der Waals surface area (Å²) in [4.78, 5) is 4.83. The van der Waals surface area contributed by atoms with Crippen LogP contribution in [0.15, 0.2) is 0 Å². The zero-order valence-electron chi connectivity index (χ0n) is 30.3. The maximum absolute atomic E-state index is 12.5. The first-order valence-electron chi connectivity index (χ1n) is 19.2. The fraction of sp³-hybridized carbons (Fsp3) is 1.00. The molecule has 2 heterocycles. The lowest BCUT2D eigenvalue weighted by Crippen LogP contribution is -2.78. The van der Waals surface area contributed by atoms with Gasteiger partial charge < -0.3 is 35.4 Å². The Morgan fingerprint density at radius 2 is 1.55 bits per heavy atom. The van der Waals surface area contributed by atoms with E-state index in [9.17, 15) is 30.6 Å². The third kappa shape index (κ3) is 5.97. The van der Waals surface area contributed by atoms with Gasteiger partial charge >= 0.3 is 0 Å². The van der Waals surface area contributed by atoms with Crippen LogP contribution in [0.25, 0.3) is 0 Å². The monoisotopic (exact) mass is 665 g/mol. The normalized spacial score (nSPS) is 53.4. The molecule has 0 bridgehead atoms. The molecule has 0 aromatic carbocycles. The highest BCUT2D eigenvalue weighted by Gasteiger charge is 2.73. The predicted molar refractivity (Wildman–Crippen MR) is 181 cm³/mol. The molecule has 2 saturated heterocycles. The van der Waals surface area contributed by atoms with Crippen LogP contribution in [0, 0.1) is 64.1 Å². The predicted octanol–water partition coefficient (Wildman–Crippen LogP) is 2.59. The van der Waals surface area contributed by atoms with Crippen LogP contribution in [-0.4, -0.2) is 129 Å². The molecule has 17 atom stereocenters. The number of rotatable bonds is 7. The van der Waals surface area contributed by atoms with E-state index in [4.69, 9.17) is 4.74 Å². The van der Waals surface area contributed by atoms with Crippen LogP contribution in [-0.2, 0) is 4.74 Å². The second-order valence-corrected chi connectivity index (χ2v) is 18.5. The Hall–Kier alpha value is -0.360. The first-order valence-corrected chi connectivity index (χ1v) is 19.2. The van der Waals surface area contributed by atoms with Gasteiger partial charge in [0.2, 0.25) is 0 Å². The van der Waals surface area contributed by atoms with Crippen LogP contribution in [0.1, 0.15) is 87.0 Å². The maximum atomic E-state index is 12.5. The van der Waals surface area contributed by atoms with Crippen LogP contribution in [0.5, 0.6) is 0 Å². The molecule has 0 radical (unpaired) electrons. The molecule has 15 unspecified atom stereocenters. The van der Waals surface area contributed by atoms with Crippen molar-refractivity contribution in [1.29, 1.82) is 0 Å². The first kappa shape index (κ1) is 36.4.